The van der Waals surface area contributed by atoms with Gasteiger partial charge in [-0.15, -0.1) is 11.8 Å². The van der Waals surface area contributed by atoms with Gasteiger partial charge in [0, 0.05) is 11.3 Å². The predicted molar refractivity (Wildman–Crippen MR) is 117 cm³/mol. The van der Waals surface area contributed by atoms with E-state index >= 15 is 0 Å². The summed E-state index contributed by atoms with van der Waals surface area (Å²) >= 11 is 3.20. The fraction of sp³-hybridized carbons (Fsp3) is 0.250. The summed E-state index contributed by atoms with van der Waals surface area (Å²) in [6.07, 6.45) is 3.01. The summed E-state index contributed by atoms with van der Waals surface area (Å²) in [7, 11) is 1.39. The fourth-order valence-electron chi connectivity index (χ4n) is 2.38. The number of benzene rings is 2. The van der Waals surface area contributed by atoms with Crippen molar-refractivity contribution in [3.05, 3.63) is 65.2 Å². The molecule has 0 aromatic heterocycles. The molecular weight excluding hydrogens is 378 g/mol. The maximum atomic E-state index is 11.7. The SMILES string of the molecule is CCc1ccc(N=C(SC)SCc2ccccc2/C(=N/OC)C(N)=O)cc1. The van der Waals surface area contributed by atoms with Crippen LogP contribution in [0.2, 0.25) is 0 Å². The highest BCUT2D eigenvalue weighted by Gasteiger charge is 2.16. The zero-order valence-electron chi connectivity index (χ0n) is 15.6. The zero-order chi connectivity index (χ0) is 19.6. The molecule has 0 bridgehead atoms. The van der Waals surface area contributed by atoms with Crippen LogP contribution >= 0.6 is 23.5 Å². The van der Waals surface area contributed by atoms with Crippen molar-refractivity contribution in [3.8, 4) is 0 Å². The molecule has 27 heavy (non-hydrogen) atoms. The van der Waals surface area contributed by atoms with Crippen molar-refractivity contribution in [2.24, 2.45) is 15.9 Å². The Balaban J connectivity index is 2.20. The first-order valence-corrected chi connectivity index (χ1v) is 10.6. The van der Waals surface area contributed by atoms with Gasteiger partial charge in [-0.05, 0) is 35.9 Å². The number of aryl methyl sites for hydroxylation is 1. The van der Waals surface area contributed by atoms with Crippen LogP contribution in [0.3, 0.4) is 0 Å². The summed E-state index contributed by atoms with van der Waals surface area (Å²) in [4.78, 5) is 21.2. The maximum absolute atomic E-state index is 11.7. The van der Waals surface area contributed by atoms with E-state index in [0.29, 0.717) is 11.3 Å². The number of thioether (sulfide) groups is 2. The second-order valence-electron chi connectivity index (χ2n) is 5.53. The number of rotatable bonds is 7. The summed E-state index contributed by atoms with van der Waals surface area (Å²) in [6, 6.07) is 15.8. The largest absolute Gasteiger partial charge is 0.398 e. The minimum atomic E-state index is -0.621. The Bertz CT molecular complexity index is 833. The van der Waals surface area contributed by atoms with Gasteiger partial charge < -0.3 is 10.6 Å². The van der Waals surface area contributed by atoms with Gasteiger partial charge in [-0.3, -0.25) is 4.79 Å². The van der Waals surface area contributed by atoms with Gasteiger partial charge in [0.05, 0.1) is 5.69 Å². The van der Waals surface area contributed by atoms with Crippen LogP contribution in [0.25, 0.3) is 0 Å². The van der Waals surface area contributed by atoms with Crippen molar-refractivity contribution < 1.29 is 9.63 Å². The van der Waals surface area contributed by atoms with Crippen LogP contribution in [0.5, 0.6) is 0 Å². The topological polar surface area (TPSA) is 77.0 Å². The highest BCUT2D eigenvalue weighted by Crippen LogP contribution is 2.26. The molecule has 0 fully saturated rings. The van der Waals surface area contributed by atoms with E-state index in [2.05, 4.69) is 24.2 Å². The Kier molecular flexibility index (Phi) is 8.42. The number of hydrogen-bond donors (Lipinski definition) is 1. The fourth-order valence-corrected chi connectivity index (χ4v) is 3.93. The number of oxime groups is 1. The number of aliphatic imine (C=N–C) groups is 1. The molecule has 0 heterocycles. The van der Waals surface area contributed by atoms with Crippen LogP contribution < -0.4 is 5.73 Å². The highest BCUT2D eigenvalue weighted by molar-refractivity contribution is 8.38. The second-order valence-corrected chi connectivity index (χ2v) is 7.55. The molecule has 0 radical (unpaired) electrons. The lowest BCUT2D eigenvalue weighted by molar-refractivity contribution is -0.112. The predicted octanol–water partition coefficient (Wildman–Crippen LogP) is 4.37. The lowest BCUT2D eigenvalue weighted by Gasteiger charge is -2.10. The molecule has 142 valence electrons. The summed E-state index contributed by atoms with van der Waals surface area (Å²) in [6.45, 7) is 2.13. The molecule has 0 aliphatic rings. The third-order valence-electron chi connectivity index (χ3n) is 3.78. The molecule has 0 spiro atoms. The van der Waals surface area contributed by atoms with E-state index in [1.165, 1.54) is 12.7 Å². The molecule has 0 unspecified atom stereocenters. The van der Waals surface area contributed by atoms with E-state index in [-0.39, 0.29) is 5.71 Å². The molecule has 0 aliphatic carbocycles. The van der Waals surface area contributed by atoms with Crippen LogP contribution in [-0.4, -0.2) is 29.4 Å². The van der Waals surface area contributed by atoms with E-state index in [0.717, 1.165) is 22.0 Å². The average molecular weight is 402 g/mol. The first kappa shape index (κ1) is 21.1. The van der Waals surface area contributed by atoms with Crippen LogP contribution in [0.4, 0.5) is 5.69 Å². The molecular formula is C20H23N3O2S2. The Labute approximate surface area is 168 Å². The van der Waals surface area contributed by atoms with Gasteiger partial charge >= 0.3 is 0 Å². The van der Waals surface area contributed by atoms with Crippen LogP contribution in [0.1, 0.15) is 23.6 Å². The summed E-state index contributed by atoms with van der Waals surface area (Å²) in [5.74, 6) is 0.0166. The molecule has 2 rings (SSSR count). The Morgan fingerprint density at radius 3 is 2.44 bits per heavy atom. The summed E-state index contributed by atoms with van der Waals surface area (Å²) in [5, 5.41) is 3.78. The van der Waals surface area contributed by atoms with Crippen molar-refractivity contribution >= 4 is 45.2 Å². The Morgan fingerprint density at radius 1 is 1.15 bits per heavy atom. The molecule has 2 aromatic rings. The maximum Gasteiger partial charge on any atom is 0.271 e. The number of hydrogen-bond acceptors (Lipinski definition) is 6. The van der Waals surface area contributed by atoms with E-state index in [4.69, 9.17) is 15.6 Å². The molecule has 0 atom stereocenters. The molecule has 2 aromatic carbocycles. The number of primary amides is 1. The summed E-state index contributed by atoms with van der Waals surface area (Å²) in [5.41, 5.74) is 9.40. The third kappa shape index (κ3) is 6.15. The van der Waals surface area contributed by atoms with Crippen LogP contribution in [-0.2, 0) is 21.8 Å². The molecule has 0 saturated carbocycles. The highest BCUT2D eigenvalue weighted by atomic mass is 32.2. The van der Waals surface area contributed by atoms with Gasteiger partial charge in [-0.25, -0.2) is 4.99 Å². The summed E-state index contributed by atoms with van der Waals surface area (Å²) < 4.78 is 0.943. The number of carbonyl (C=O) groups excluding carboxylic acids is 1. The van der Waals surface area contributed by atoms with Gasteiger partial charge in [-0.1, -0.05) is 60.2 Å². The van der Waals surface area contributed by atoms with Crippen molar-refractivity contribution in [1.82, 2.24) is 0 Å². The minimum Gasteiger partial charge on any atom is -0.398 e. The third-order valence-corrected chi connectivity index (χ3v) is 5.87. The van der Waals surface area contributed by atoms with Gasteiger partial charge in [0.1, 0.15) is 11.5 Å². The first-order valence-electron chi connectivity index (χ1n) is 8.42. The number of nitrogens with two attached hydrogens (primary N) is 1. The van der Waals surface area contributed by atoms with E-state index in [1.807, 2.05) is 42.7 Å². The first-order chi connectivity index (χ1) is 13.1. The normalized spacial score (nSPS) is 12.1. The lowest BCUT2D eigenvalue weighted by atomic mass is 10.0. The Hall–Kier alpha value is -2.25. The number of carbonyl (C=O) groups is 1. The Morgan fingerprint density at radius 2 is 1.85 bits per heavy atom. The van der Waals surface area contributed by atoms with E-state index < -0.39 is 5.91 Å². The smallest absolute Gasteiger partial charge is 0.271 e. The number of amides is 1. The standard InChI is InChI=1S/C20H23N3O2S2/c1-4-14-9-11-16(12-10-14)22-20(26-3)27-13-15-7-5-6-8-17(15)18(19(21)24)23-25-2/h5-12H,4,13H2,1-3H3,(H2,21,24)/b22-20?,23-18-. The molecule has 7 heteroatoms. The van der Waals surface area contributed by atoms with Crippen LogP contribution in [0, 0.1) is 0 Å². The van der Waals surface area contributed by atoms with Gasteiger partial charge in [0.2, 0.25) is 0 Å². The van der Waals surface area contributed by atoms with Crippen LogP contribution in [0.15, 0.2) is 58.7 Å². The zero-order valence-corrected chi connectivity index (χ0v) is 17.3. The van der Waals surface area contributed by atoms with Crippen molar-refractivity contribution in [1.29, 1.82) is 0 Å². The molecule has 1 amide bonds. The van der Waals surface area contributed by atoms with E-state index in [9.17, 15) is 4.79 Å². The molecule has 0 saturated heterocycles. The molecule has 0 aliphatic heterocycles. The second kappa shape index (κ2) is 10.8. The monoisotopic (exact) mass is 401 g/mol. The lowest BCUT2D eigenvalue weighted by Crippen LogP contribution is -2.25. The average Bonchev–Trinajstić information content (AvgIpc) is 2.70. The van der Waals surface area contributed by atoms with Gasteiger partial charge in [0.25, 0.3) is 5.91 Å². The quantitative estimate of drug-likeness (QED) is 0.425. The molecule has 5 nitrogen and oxygen atoms in total. The van der Waals surface area contributed by atoms with Crippen molar-refractivity contribution in [2.45, 2.75) is 19.1 Å². The van der Waals surface area contributed by atoms with Gasteiger partial charge in [0.15, 0.2) is 5.71 Å². The minimum absolute atomic E-state index is 0.117. The van der Waals surface area contributed by atoms with Crippen molar-refractivity contribution in [2.75, 3.05) is 13.4 Å². The number of nitrogens with zero attached hydrogens (tertiary/aromatic N) is 2. The molecule has 2 N–H and O–H groups in total. The van der Waals surface area contributed by atoms with E-state index in [1.54, 1.807) is 23.5 Å². The van der Waals surface area contributed by atoms with Gasteiger partial charge in [-0.2, -0.15) is 0 Å². The van der Waals surface area contributed by atoms with Crippen molar-refractivity contribution in [3.63, 3.8) is 0 Å².